The molecule has 1 aromatic heterocycles. The molecule has 1 atom stereocenters. The van der Waals surface area contributed by atoms with Gasteiger partial charge in [0.25, 0.3) is 0 Å². The lowest BCUT2D eigenvalue weighted by Gasteiger charge is -1.80. The van der Waals surface area contributed by atoms with E-state index in [1.54, 1.807) is 0 Å². The van der Waals surface area contributed by atoms with E-state index in [0.29, 0.717) is 10.5 Å². The van der Waals surface area contributed by atoms with E-state index in [1.165, 1.54) is 10.1 Å². The smallest absolute Gasteiger partial charge is 0.180 e. The molecule has 0 aliphatic carbocycles. The van der Waals surface area contributed by atoms with Crippen LogP contribution in [0.4, 0.5) is 0 Å². The number of hydrogen-bond acceptors (Lipinski definition) is 0. The Morgan fingerprint density at radius 2 is 1.40 bits per heavy atom. The predicted molar refractivity (Wildman–Crippen MR) is 76.5 cm³/mol. The van der Waals surface area contributed by atoms with Gasteiger partial charge in [0.1, 0.15) is 11.6 Å². The molecule has 0 saturated carbocycles. The van der Waals surface area contributed by atoms with Gasteiger partial charge in [-0.15, -0.1) is 0 Å². The average Bonchev–Trinajstić information content (AvgIpc) is 2.67. The highest BCUT2D eigenvalue weighted by atomic mass is 32.2. The van der Waals surface area contributed by atoms with Crippen LogP contribution in [0, 0.1) is 7.43 Å². The van der Waals surface area contributed by atoms with Crippen molar-refractivity contribution in [2.75, 3.05) is 0 Å². The summed E-state index contributed by atoms with van der Waals surface area (Å²) in [5, 5.41) is 3.67. The second kappa shape index (κ2) is 9.72. The number of fused-ring (bicyclic) bond motifs is 1. The maximum atomic E-state index is 2.27. The molecule has 15 heavy (non-hydrogen) atoms. The van der Waals surface area contributed by atoms with Gasteiger partial charge in [-0.05, 0) is 22.6 Å². The Balaban J connectivity index is 0. The SMILES string of the molecule is CC.CC.C[s+]1ccc2ccccc21.[CH3-]. The number of hydrogen-bond donors (Lipinski definition) is 0. The van der Waals surface area contributed by atoms with Gasteiger partial charge in [0.2, 0.25) is 0 Å². The van der Waals surface area contributed by atoms with Crippen LogP contribution in [0.3, 0.4) is 0 Å². The van der Waals surface area contributed by atoms with Crippen LogP contribution in [0.25, 0.3) is 10.1 Å². The minimum atomic E-state index is 0. The molecule has 2 aromatic rings. The van der Waals surface area contributed by atoms with Gasteiger partial charge in [-0.1, -0.05) is 39.8 Å². The van der Waals surface area contributed by atoms with E-state index >= 15 is 0 Å². The molecule has 86 valence electrons. The molecule has 1 unspecified atom stereocenters. The third-order valence-electron chi connectivity index (χ3n) is 1.72. The molecule has 0 spiro atoms. The molecule has 1 heteroatoms. The number of rotatable bonds is 0. The molecule has 0 aliphatic heterocycles. The summed E-state index contributed by atoms with van der Waals surface area (Å²) in [5.41, 5.74) is 0. The van der Waals surface area contributed by atoms with Crippen molar-refractivity contribution in [1.82, 2.24) is 0 Å². The van der Waals surface area contributed by atoms with E-state index in [4.69, 9.17) is 0 Å². The number of benzene rings is 1. The fourth-order valence-corrected chi connectivity index (χ4v) is 2.46. The zero-order valence-electron chi connectivity index (χ0n) is 10.9. The molecule has 0 nitrogen and oxygen atoms in total. The Morgan fingerprint density at radius 1 is 0.867 bits per heavy atom. The van der Waals surface area contributed by atoms with Crippen molar-refractivity contribution in [3.63, 3.8) is 0 Å². The van der Waals surface area contributed by atoms with Crippen LogP contribution in [0.2, 0.25) is 0 Å². The van der Waals surface area contributed by atoms with Gasteiger partial charge in [0, 0.05) is 11.5 Å². The quantitative estimate of drug-likeness (QED) is 0.402. The first-order valence-corrected chi connectivity index (χ1v) is 6.99. The summed E-state index contributed by atoms with van der Waals surface area (Å²) >= 11 is 0. The van der Waals surface area contributed by atoms with Crippen molar-refractivity contribution < 1.29 is 0 Å². The van der Waals surface area contributed by atoms with E-state index in [0.717, 1.165) is 0 Å². The van der Waals surface area contributed by atoms with Crippen molar-refractivity contribution in [1.29, 1.82) is 0 Å². The lowest BCUT2D eigenvalue weighted by molar-refractivity contribution is 1.50. The van der Waals surface area contributed by atoms with Crippen molar-refractivity contribution in [2.45, 2.75) is 27.7 Å². The van der Waals surface area contributed by atoms with Crippen molar-refractivity contribution in [2.24, 2.45) is 6.26 Å². The van der Waals surface area contributed by atoms with Gasteiger partial charge in [0.05, 0.1) is 0 Å². The van der Waals surface area contributed by atoms with Gasteiger partial charge in [-0.25, -0.2) is 0 Å². The molecule has 1 heterocycles. The van der Waals surface area contributed by atoms with Crippen LogP contribution < -0.4 is 0 Å². The third kappa shape index (κ3) is 4.48. The zero-order valence-corrected chi connectivity index (χ0v) is 11.7. The van der Waals surface area contributed by atoms with Gasteiger partial charge >= 0.3 is 0 Å². The summed E-state index contributed by atoms with van der Waals surface area (Å²) in [6, 6.07) is 10.8. The third-order valence-corrected chi connectivity index (χ3v) is 3.33. The van der Waals surface area contributed by atoms with Crippen molar-refractivity contribution in [3.8, 4) is 0 Å². The summed E-state index contributed by atoms with van der Waals surface area (Å²) in [5.74, 6) is 0. The fraction of sp³-hybridized carbons (Fsp3) is 0.357. The van der Waals surface area contributed by atoms with Crippen LogP contribution in [0.5, 0.6) is 0 Å². The molecule has 0 saturated heterocycles. The number of thiophene rings is 1. The zero-order chi connectivity index (χ0) is 11.0. The first kappa shape index (κ1) is 16.6. The Morgan fingerprint density at radius 3 is 1.93 bits per heavy atom. The lowest BCUT2D eigenvalue weighted by Crippen LogP contribution is -1.58. The molecule has 0 N–H and O–H groups in total. The molecular weight excluding hydrogens is 200 g/mol. The van der Waals surface area contributed by atoms with Crippen LogP contribution in [-0.4, -0.2) is 0 Å². The topological polar surface area (TPSA) is 0 Å². The second-order valence-electron chi connectivity index (χ2n) is 2.40. The Hall–Kier alpha value is -0.820. The molecule has 0 aliphatic rings. The highest BCUT2D eigenvalue weighted by Crippen LogP contribution is 2.27. The monoisotopic (exact) mass is 224 g/mol. The van der Waals surface area contributed by atoms with E-state index in [9.17, 15) is 0 Å². The number of aryl methyl sites for hydroxylation is 1. The molecule has 2 rings (SSSR count). The predicted octanol–water partition coefficient (Wildman–Crippen LogP) is 5.63. The minimum Gasteiger partial charge on any atom is -0.358 e. The Bertz CT molecular complexity index is 347. The molecule has 0 amide bonds. The largest absolute Gasteiger partial charge is 0.358 e. The Kier molecular flexibility index (Phi) is 10.8. The average molecular weight is 224 g/mol. The molecule has 0 fully saturated rings. The standard InChI is InChI=1S/C9H9S.2C2H6.CH3/c1-10-7-6-8-4-2-3-5-9(8)10;2*1-2;/h2-7H,1H3;2*1-2H3;1H3/q+1;;;-1. The van der Waals surface area contributed by atoms with E-state index in [2.05, 4.69) is 42.0 Å². The lowest BCUT2D eigenvalue weighted by atomic mass is 10.3. The summed E-state index contributed by atoms with van der Waals surface area (Å²) in [4.78, 5) is 0. The fourth-order valence-electron chi connectivity index (χ4n) is 1.16. The molecule has 1 aromatic carbocycles. The molecular formula is C14H24S. The van der Waals surface area contributed by atoms with E-state index in [1.807, 2.05) is 27.7 Å². The summed E-state index contributed by atoms with van der Waals surface area (Å²) < 4.78 is 1.49. The van der Waals surface area contributed by atoms with Crippen molar-refractivity contribution >= 4 is 20.6 Å². The maximum Gasteiger partial charge on any atom is 0.180 e. The van der Waals surface area contributed by atoms with E-state index < -0.39 is 0 Å². The van der Waals surface area contributed by atoms with Gasteiger partial charge in [-0.2, -0.15) is 0 Å². The van der Waals surface area contributed by atoms with Gasteiger partial charge in [-0.3, -0.25) is 0 Å². The minimum absolute atomic E-state index is 0. The first-order chi connectivity index (χ1) is 6.88. The van der Waals surface area contributed by atoms with Crippen LogP contribution >= 0.6 is 10.5 Å². The van der Waals surface area contributed by atoms with Crippen molar-refractivity contribution in [3.05, 3.63) is 43.1 Å². The Labute approximate surface area is 97.9 Å². The van der Waals surface area contributed by atoms with E-state index in [-0.39, 0.29) is 7.43 Å². The second-order valence-corrected chi connectivity index (χ2v) is 4.23. The summed E-state index contributed by atoms with van der Waals surface area (Å²) in [6.45, 7) is 8.00. The summed E-state index contributed by atoms with van der Waals surface area (Å²) in [6.07, 6.45) is 2.25. The normalized spacial score (nSPS) is 9.00. The summed E-state index contributed by atoms with van der Waals surface area (Å²) in [7, 11) is 0.372. The van der Waals surface area contributed by atoms with Crippen LogP contribution in [0.15, 0.2) is 35.7 Å². The first-order valence-electron chi connectivity index (χ1n) is 5.30. The molecule has 0 radical (unpaired) electrons. The highest BCUT2D eigenvalue weighted by Gasteiger charge is 2.03. The highest BCUT2D eigenvalue weighted by molar-refractivity contribution is 7.34. The van der Waals surface area contributed by atoms with Gasteiger partial charge in [0.15, 0.2) is 4.70 Å². The molecule has 0 bridgehead atoms. The maximum absolute atomic E-state index is 2.27. The van der Waals surface area contributed by atoms with Crippen LogP contribution in [-0.2, 0) is 6.26 Å². The van der Waals surface area contributed by atoms with Gasteiger partial charge < -0.3 is 7.43 Å². The van der Waals surface area contributed by atoms with Crippen LogP contribution in [0.1, 0.15) is 27.7 Å².